The van der Waals surface area contributed by atoms with Crippen LogP contribution in [-0.4, -0.2) is 51.0 Å². The topological polar surface area (TPSA) is 69.7 Å². The third kappa shape index (κ3) is 3.54. The van der Waals surface area contributed by atoms with E-state index in [0.717, 1.165) is 38.1 Å². The Labute approximate surface area is 117 Å². The van der Waals surface area contributed by atoms with E-state index in [1.54, 1.807) is 6.33 Å². The third-order valence-corrected chi connectivity index (χ3v) is 3.13. The molecule has 19 heavy (non-hydrogen) atoms. The van der Waals surface area contributed by atoms with Gasteiger partial charge in [-0.05, 0) is 31.1 Å². The van der Waals surface area contributed by atoms with Crippen molar-refractivity contribution >= 4 is 28.6 Å². The maximum Gasteiger partial charge on any atom is 0.226 e. The van der Waals surface area contributed by atoms with Crippen molar-refractivity contribution in [2.24, 2.45) is 0 Å². The predicted molar refractivity (Wildman–Crippen MR) is 77.6 cm³/mol. The zero-order valence-electron chi connectivity index (χ0n) is 11.3. The molecule has 0 radical (unpaired) electrons. The van der Waals surface area contributed by atoms with E-state index in [4.69, 9.17) is 11.6 Å². The molecule has 0 saturated carbocycles. The van der Waals surface area contributed by atoms with Crippen molar-refractivity contribution < 1.29 is 0 Å². The van der Waals surface area contributed by atoms with E-state index in [1.807, 2.05) is 0 Å². The van der Waals surface area contributed by atoms with Crippen molar-refractivity contribution in [1.29, 1.82) is 0 Å². The molecule has 2 N–H and O–H groups in total. The summed E-state index contributed by atoms with van der Waals surface area (Å²) in [6, 6.07) is 0. The molecule has 0 amide bonds. The van der Waals surface area contributed by atoms with Gasteiger partial charge in [0.1, 0.15) is 5.52 Å². The van der Waals surface area contributed by atoms with Crippen molar-refractivity contribution in [2.45, 2.75) is 20.3 Å². The number of H-pyrrole nitrogens is 1. The molecule has 2 rings (SSSR count). The van der Waals surface area contributed by atoms with Crippen molar-refractivity contribution in [1.82, 2.24) is 24.8 Å². The predicted octanol–water partition coefficient (Wildman–Crippen LogP) is 2.15. The molecule has 2 heterocycles. The second kappa shape index (κ2) is 6.68. The number of aromatic nitrogens is 4. The number of rotatable bonds is 7. The van der Waals surface area contributed by atoms with E-state index < -0.39 is 0 Å². The molecule has 2 aromatic heterocycles. The average Bonchev–Trinajstić information content (AvgIpc) is 2.85. The van der Waals surface area contributed by atoms with E-state index in [9.17, 15) is 0 Å². The number of anilines is 1. The summed E-state index contributed by atoms with van der Waals surface area (Å²) in [5.41, 5.74) is 1.38. The van der Waals surface area contributed by atoms with Crippen molar-refractivity contribution in [3.8, 4) is 0 Å². The van der Waals surface area contributed by atoms with E-state index in [0.29, 0.717) is 11.5 Å². The van der Waals surface area contributed by atoms with Gasteiger partial charge in [0.2, 0.25) is 5.28 Å². The standard InChI is InChI=1S/C12H19ClN6/c1-3-6-19(4-2)7-5-14-10-9-11(16-8-15-9)18-12(13)17-10/h8H,3-7H2,1-2H3,(H2,14,15,16,17,18). The summed E-state index contributed by atoms with van der Waals surface area (Å²) in [6.07, 6.45) is 2.76. The normalized spacial score (nSPS) is 11.4. The smallest absolute Gasteiger partial charge is 0.226 e. The Hall–Kier alpha value is -1.40. The number of aromatic amines is 1. The van der Waals surface area contributed by atoms with E-state index in [-0.39, 0.29) is 5.28 Å². The third-order valence-electron chi connectivity index (χ3n) is 2.97. The average molecular weight is 283 g/mol. The Morgan fingerprint density at radius 2 is 2.16 bits per heavy atom. The number of likely N-dealkylation sites (N-methyl/N-ethyl adjacent to an activating group) is 1. The maximum atomic E-state index is 5.87. The molecule has 2 aromatic rings. The molecule has 0 aliphatic heterocycles. The molecule has 0 fully saturated rings. The number of hydrogen-bond donors (Lipinski definition) is 2. The number of nitrogens with zero attached hydrogens (tertiary/aromatic N) is 4. The molecule has 0 aromatic carbocycles. The highest BCUT2D eigenvalue weighted by atomic mass is 35.5. The lowest BCUT2D eigenvalue weighted by molar-refractivity contribution is 0.300. The SMILES string of the molecule is CCCN(CC)CCNc1nc(Cl)nc2nc[nH]c12. The van der Waals surface area contributed by atoms with Crippen LogP contribution in [0.4, 0.5) is 5.82 Å². The summed E-state index contributed by atoms with van der Waals surface area (Å²) in [4.78, 5) is 17.7. The van der Waals surface area contributed by atoms with Gasteiger partial charge < -0.3 is 15.2 Å². The van der Waals surface area contributed by atoms with E-state index in [2.05, 4.69) is 44.0 Å². The Morgan fingerprint density at radius 1 is 1.32 bits per heavy atom. The lowest BCUT2D eigenvalue weighted by Gasteiger charge is -2.19. The van der Waals surface area contributed by atoms with Crippen LogP contribution in [0.1, 0.15) is 20.3 Å². The van der Waals surface area contributed by atoms with Gasteiger partial charge in [0, 0.05) is 13.1 Å². The van der Waals surface area contributed by atoms with Crippen LogP contribution in [0.15, 0.2) is 6.33 Å². The fourth-order valence-corrected chi connectivity index (χ4v) is 2.18. The van der Waals surface area contributed by atoms with Gasteiger partial charge in [-0.25, -0.2) is 4.98 Å². The van der Waals surface area contributed by atoms with Crippen LogP contribution in [-0.2, 0) is 0 Å². The van der Waals surface area contributed by atoms with Gasteiger partial charge in [0.25, 0.3) is 0 Å². The van der Waals surface area contributed by atoms with Gasteiger partial charge >= 0.3 is 0 Å². The second-order valence-electron chi connectivity index (χ2n) is 4.30. The van der Waals surface area contributed by atoms with Crippen LogP contribution >= 0.6 is 11.6 Å². The van der Waals surface area contributed by atoms with Crippen molar-refractivity contribution in [2.75, 3.05) is 31.5 Å². The summed E-state index contributed by atoms with van der Waals surface area (Å²) in [6.45, 7) is 8.32. The molecular formula is C12H19ClN6. The minimum Gasteiger partial charge on any atom is -0.367 e. The van der Waals surface area contributed by atoms with Crippen molar-refractivity contribution in [3.05, 3.63) is 11.6 Å². The van der Waals surface area contributed by atoms with E-state index >= 15 is 0 Å². The molecule has 0 unspecified atom stereocenters. The second-order valence-corrected chi connectivity index (χ2v) is 4.64. The van der Waals surface area contributed by atoms with Gasteiger partial charge in [-0.3, -0.25) is 0 Å². The first-order chi connectivity index (χ1) is 9.24. The van der Waals surface area contributed by atoms with E-state index in [1.165, 1.54) is 0 Å². The highest BCUT2D eigenvalue weighted by Gasteiger charge is 2.08. The molecule has 6 nitrogen and oxygen atoms in total. The minimum atomic E-state index is 0.211. The molecule has 0 aliphatic rings. The van der Waals surface area contributed by atoms with Crippen LogP contribution in [0.25, 0.3) is 11.2 Å². The monoisotopic (exact) mass is 282 g/mol. The molecular weight excluding hydrogens is 264 g/mol. The number of hydrogen-bond acceptors (Lipinski definition) is 5. The van der Waals surface area contributed by atoms with Crippen LogP contribution in [0, 0.1) is 0 Å². The molecule has 104 valence electrons. The lowest BCUT2D eigenvalue weighted by atomic mass is 10.4. The molecule has 0 atom stereocenters. The summed E-state index contributed by atoms with van der Waals surface area (Å²) < 4.78 is 0. The first kappa shape index (κ1) is 14.0. The highest BCUT2D eigenvalue weighted by Crippen LogP contribution is 2.18. The minimum absolute atomic E-state index is 0.211. The zero-order valence-corrected chi connectivity index (χ0v) is 12.0. The van der Waals surface area contributed by atoms with Crippen LogP contribution in [0.3, 0.4) is 0 Å². The Kier molecular flexibility index (Phi) is 4.93. The molecule has 0 spiro atoms. The fourth-order valence-electron chi connectivity index (χ4n) is 2.01. The summed E-state index contributed by atoms with van der Waals surface area (Å²) in [5, 5.41) is 3.50. The summed E-state index contributed by atoms with van der Waals surface area (Å²) >= 11 is 5.87. The van der Waals surface area contributed by atoms with Crippen LogP contribution in [0.2, 0.25) is 5.28 Å². The highest BCUT2D eigenvalue weighted by molar-refractivity contribution is 6.28. The van der Waals surface area contributed by atoms with Gasteiger partial charge in [-0.2, -0.15) is 9.97 Å². The molecule has 0 bridgehead atoms. The molecule has 7 heteroatoms. The summed E-state index contributed by atoms with van der Waals surface area (Å²) in [7, 11) is 0. The Balaban J connectivity index is 1.99. The largest absolute Gasteiger partial charge is 0.367 e. The number of imidazole rings is 1. The van der Waals surface area contributed by atoms with Gasteiger partial charge in [0.05, 0.1) is 6.33 Å². The lowest BCUT2D eigenvalue weighted by Crippen LogP contribution is -2.29. The maximum absolute atomic E-state index is 5.87. The Morgan fingerprint density at radius 3 is 2.89 bits per heavy atom. The van der Waals surface area contributed by atoms with Gasteiger partial charge in [-0.1, -0.05) is 13.8 Å². The first-order valence-corrected chi connectivity index (χ1v) is 6.95. The zero-order chi connectivity index (χ0) is 13.7. The van der Waals surface area contributed by atoms with Crippen molar-refractivity contribution in [3.63, 3.8) is 0 Å². The fraction of sp³-hybridized carbons (Fsp3) is 0.583. The molecule has 0 saturated heterocycles. The van der Waals surface area contributed by atoms with Crippen LogP contribution in [0.5, 0.6) is 0 Å². The van der Waals surface area contributed by atoms with Gasteiger partial charge in [0.15, 0.2) is 11.5 Å². The number of nitrogens with one attached hydrogen (secondary N) is 2. The Bertz CT molecular complexity index is 526. The number of halogens is 1. The molecule has 0 aliphatic carbocycles. The quantitative estimate of drug-likeness (QED) is 0.762. The van der Waals surface area contributed by atoms with Crippen LogP contribution < -0.4 is 5.32 Å². The first-order valence-electron chi connectivity index (χ1n) is 6.57. The van der Waals surface area contributed by atoms with Gasteiger partial charge in [-0.15, -0.1) is 0 Å². The number of fused-ring (bicyclic) bond motifs is 1. The summed E-state index contributed by atoms with van der Waals surface area (Å²) in [5.74, 6) is 0.708.